The maximum Gasteiger partial charge on any atom is 1.00 e. The van der Waals surface area contributed by atoms with Crippen LogP contribution in [-0.2, 0) is 40.1 Å². The number of phosphoric acid groups is 5. The van der Waals surface area contributed by atoms with Gasteiger partial charge in [0.1, 0.15) is 0 Å². The van der Waals surface area contributed by atoms with Crippen LogP contribution in [0.15, 0.2) is 0 Å². The Morgan fingerprint density at radius 1 is 0.591 bits per heavy atom. The van der Waals surface area contributed by atoms with Crippen molar-refractivity contribution in [3.63, 3.8) is 0 Å². The van der Waals surface area contributed by atoms with E-state index in [9.17, 15) is 27.7 Å². The zero-order valence-electron chi connectivity index (χ0n) is 10.0. The second-order valence-corrected chi connectivity index (χ2v) is 10.0. The first-order valence-corrected chi connectivity index (χ1v) is 11.3. The smallest absolute Gasteiger partial charge is 0.756 e. The van der Waals surface area contributed by atoms with Crippen LogP contribution in [0.5, 0.6) is 0 Å². The molecule has 0 spiro atoms. The van der Waals surface area contributed by atoms with E-state index in [2.05, 4.69) is 17.2 Å². The van der Waals surface area contributed by atoms with Gasteiger partial charge in [-0.05, 0) is 0 Å². The topological polar surface area (TPSA) is 267 Å². The van der Waals surface area contributed by atoms with Crippen LogP contribution in [0.4, 0.5) is 0 Å². The molecular formula is H6NaO16P5. The van der Waals surface area contributed by atoms with Gasteiger partial charge < -0.3 is 34.3 Å². The van der Waals surface area contributed by atoms with E-state index in [1.165, 1.54) is 0 Å². The van der Waals surface area contributed by atoms with Gasteiger partial charge in [-0.3, -0.25) is 4.57 Å². The molecule has 4 unspecified atom stereocenters. The van der Waals surface area contributed by atoms with Crippen LogP contribution >= 0.6 is 39.1 Å². The first-order valence-electron chi connectivity index (χ1n) is 3.76. The molecule has 6 N–H and O–H groups in total. The Hall–Kier alpha value is 1.71. The van der Waals surface area contributed by atoms with Gasteiger partial charge in [0.25, 0.3) is 7.82 Å². The molecule has 0 bridgehead atoms. The van der Waals surface area contributed by atoms with Crippen LogP contribution in [0.1, 0.15) is 0 Å². The van der Waals surface area contributed by atoms with Gasteiger partial charge >= 0.3 is 60.8 Å². The van der Waals surface area contributed by atoms with Crippen molar-refractivity contribution in [3.05, 3.63) is 0 Å². The van der Waals surface area contributed by atoms with E-state index in [1.54, 1.807) is 0 Å². The van der Waals surface area contributed by atoms with E-state index in [0.29, 0.717) is 0 Å². The zero-order valence-corrected chi connectivity index (χ0v) is 16.5. The second-order valence-electron chi connectivity index (χ2n) is 2.69. The van der Waals surface area contributed by atoms with Crippen molar-refractivity contribution in [3.8, 4) is 0 Å². The summed E-state index contributed by atoms with van der Waals surface area (Å²) in [5.74, 6) is 0. The van der Waals surface area contributed by atoms with E-state index in [0.717, 1.165) is 0 Å². The Labute approximate surface area is 143 Å². The van der Waals surface area contributed by atoms with Crippen molar-refractivity contribution in [2.45, 2.75) is 0 Å². The molecule has 0 aliphatic carbocycles. The molecule has 0 aliphatic heterocycles. The molecule has 16 nitrogen and oxygen atoms in total. The minimum Gasteiger partial charge on any atom is -0.756 e. The van der Waals surface area contributed by atoms with Gasteiger partial charge in [-0.15, -0.1) is 0 Å². The van der Waals surface area contributed by atoms with Crippen molar-refractivity contribution in [1.29, 1.82) is 0 Å². The summed E-state index contributed by atoms with van der Waals surface area (Å²) in [6.45, 7) is 0. The van der Waals surface area contributed by atoms with Crippen LogP contribution in [-0.4, -0.2) is 29.4 Å². The molecule has 0 aromatic carbocycles. The minimum absolute atomic E-state index is 0. The Morgan fingerprint density at radius 3 is 1.14 bits per heavy atom. The Balaban J connectivity index is 0. The van der Waals surface area contributed by atoms with Crippen molar-refractivity contribution in [2.24, 2.45) is 0 Å². The average molecular weight is 440 g/mol. The molecular weight excluding hydrogens is 434 g/mol. The summed E-state index contributed by atoms with van der Waals surface area (Å²) in [6, 6.07) is 0. The molecule has 0 heterocycles. The summed E-state index contributed by atoms with van der Waals surface area (Å²) in [6.07, 6.45) is 0. The predicted molar refractivity (Wildman–Crippen MR) is 55.7 cm³/mol. The summed E-state index contributed by atoms with van der Waals surface area (Å²) < 4.78 is 65.2. The molecule has 4 atom stereocenters. The van der Waals surface area contributed by atoms with Gasteiger partial charge in [0, 0.05) is 0 Å². The fourth-order valence-corrected chi connectivity index (χ4v) is 5.94. The Morgan fingerprint density at radius 2 is 0.864 bits per heavy atom. The summed E-state index contributed by atoms with van der Waals surface area (Å²) in [5, 5.41) is 0. The molecule has 0 aromatic rings. The summed E-state index contributed by atoms with van der Waals surface area (Å²) in [7, 11) is -29.7. The van der Waals surface area contributed by atoms with Gasteiger partial charge in [0.15, 0.2) is 0 Å². The van der Waals surface area contributed by atoms with Gasteiger partial charge in [-0.25, -0.2) is 22.6 Å². The van der Waals surface area contributed by atoms with Crippen LogP contribution < -0.4 is 34.5 Å². The molecule has 0 radical (unpaired) electrons. The fraction of sp³-hybridized carbons (Fsp3) is 0. The first-order chi connectivity index (χ1) is 8.83. The van der Waals surface area contributed by atoms with Crippen molar-refractivity contribution in [2.75, 3.05) is 0 Å². The third kappa shape index (κ3) is 14.1. The van der Waals surface area contributed by atoms with Crippen molar-refractivity contribution >= 4 is 39.1 Å². The molecule has 0 aromatic heterocycles. The molecule has 0 saturated heterocycles. The van der Waals surface area contributed by atoms with Crippen molar-refractivity contribution in [1.82, 2.24) is 0 Å². The fourth-order valence-electron chi connectivity index (χ4n) is 0.570. The molecule has 0 aliphatic rings. The van der Waals surface area contributed by atoms with E-state index in [4.69, 9.17) is 29.4 Å². The zero-order chi connectivity index (χ0) is 17.3. The van der Waals surface area contributed by atoms with Gasteiger partial charge in [-0.2, -0.15) is 12.9 Å². The van der Waals surface area contributed by atoms with Gasteiger partial charge in [0.05, 0.1) is 0 Å². The quantitative estimate of drug-likeness (QED) is 0.155. The standard InChI is InChI=1S/Na.H7O16P5/c;1-17(2,3)13-19(7,8)15-21(11,12)16-20(9,10)14-18(4,5)6/h;(H,7,8)(H,9,10)(H,11,12)(H2,1,2,3)(H2,4,5,6)/q+1;/p-1. The van der Waals surface area contributed by atoms with E-state index >= 15 is 0 Å². The molecule has 0 fully saturated rings. The van der Waals surface area contributed by atoms with Crippen LogP contribution in [0.25, 0.3) is 0 Å². The van der Waals surface area contributed by atoms with E-state index < -0.39 is 39.1 Å². The minimum atomic E-state index is -6.10. The van der Waals surface area contributed by atoms with Gasteiger partial charge in [0.2, 0.25) is 0 Å². The monoisotopic (exact) mass is 440 g/mol. The Kier molecular flexibility index (Phi) is 9.90. The van der Waals surface area contributed by atoms with E-state index in [-0.39, 0.29) is 29.6 Å². The molecule has 0 amide bonds. The number of rotatable bonds is 8. The third-order valence-corrected chi connectivity index (χ3v) is 7.46. The maximum absolute atomic E-state index is 11.0. The summed E-state index contributed by atoms with van der Waals surface area (Å²) >= 11 is 0. The normalized spacial score (nSPS) is 23.2. The molecule has 22 heteroatoms. The summed E-state index contributed by atoms with van der Waals surface area (Å²) in [4.78, 5) is 60.5. The largest absolute Gasteiger partial charge is 1.00 e. The van der Waals surface area contributed by atoms with Crippen LogP contribution in [0.3, 0.4) is 0 Å². The molecule has 0 saturated carbocycles. The molecule has 128 valence electrons. The van der Waals surface area contributed by atoms with Crippen LogP contribution in [0.2, 0.25) is 0 Å². The van der Waals surface area contributed by atoms with E-state index in [1.807, 2.05) is 0 Å². The maximum atomic E-state index is 11.0. The predicted octanol–water partition coefficient (Wildman–Crippen LogP) is -4.09. The van der Waals surface area contributed by atoms with Crippen LogP contribution in [0, 0.1) is 0 Å². The van der Waals surface area contributed by atoms with Crippen molar-refractivity contribution < 1.29 is 104 Å². The second kappa shape index (κ2) is 8.39. The molecule has 22 heavy (non-hydrogen) atoms. The number of hydrogen-bond donors (Lipinski definition) is 6. The third-order valence-electron chi connectivity index (χ3n) is 0.829. The summed E-state index contributed by atoms with van der Waals surface area (Å²) in [5.41, 5.74) is 0. The number of hydrogen-bond acceptors (Lipinski definition) is 10. The average Bonchev–Trinajstić information content (AvgIpc) is 1.83. The van der Waals surface area contributed by atoms with Gasteiger partial charge in [-0.1, -0.05) is 0 Å². The first kappa shape index (κ1) is 25.9. The SMILES string of the molecule is O=P([O-])(O)OP(=O)(O)OP(=O)(O)OP(=O)(O)OP(=O)(O)O.[Na+]. The molecule has 0 rings (SSSR count). The Bertz CT molecular complexity index is 552.